The predicted molar refractivity (Wildman–Crippen MR) is 47.1 cm³/mol. The largest absolute Gasteiger partial charge is 0.480 e. The van der Waals surface area contributed by atoms with Gasteiger partial charge in [-0.15, -0.1) is 0 Å². The van der Waals surface area contributed by atoms with Crippen molar-refractivity contribution in [2.45, 2.75) is 32.4 Å². The number of aromatic nitrogens is 3. The first-order valence-corrected chi connectivity index (χ1v) is 4.57. The minimum absolute atomic E-state index is 0.304. The van der Waals surface area contributed by atoms with Gasteiger partial charge in [-0.2, -0.15) is 5.10 Å². The highest BCUT2D eigenvalue weighted by molar-refractivity contribution is 5.66. The lowest BCUT2D eigenvalue weighted by Gasteiger charge is -2.09. The number of carboxylic acids is 1. The molecule has 14 heavy (non-hydrogen) atoms. The molecule has 1 aromatic heterocycles. The van der Waals surface area contributed by atoms with Gasteiger partial charge in [-0.05, 0) is 12.8 Å². The number of aliphatic carboxylic acids is 1. The summed E-state index contributed by atoms with van der Waals surface area (Å²) in [6.45, 7) is 0.312. The predicted octanol–water partition coefficient (Wildman–Crippen LogP) is -0.534. The van der Waals surface area contributed by atoms with E-state index in [-0.39, 0.29) is 12.2 Å². The fourth-order valence-corrected chi connectivity index (χ4v) is 1.68. The Labute approximate surface area is 79.8 Å². The molecule has 2 heterocycles. The Morgan fingerprint density at radius 1 is 1.50 bits per heavy atom. The molecule has 1 aliphatic rings. The van der Waals surface area contributed by atoms with Crippen LogP contribution in [0.15, 0.2) is 4.79 Å². The summed E-state index contributed by atoms with van der Waals surface area (Å²) in [5.41, 5.74) is -0.304. The van der Waals surface area contributed by atoms with Crippen molar-refractivity contribution in [1.82, 2.24) is 14.3 Å². The van der Waals surface area contributed by atoms with E-state index in [0.717, 1.165) is 23.9 Å². The summed E-state index contributed by atoms with van der Waals surface area (Å²) in [6.07, 6.45) is 2.75. The van der Waals surface area contributed by atoms with Crippen LogP contribution >= 0.6 is 0 Å². The quantitative estimate of drug-likeness (QED) is 0.691. The number of nitrogens with zero attached hydrogens (tertiary/aromatic N) is 3. The normalized spacial score (nSPS) is 15.1. The molecule has 2 rings (SSSR count). The van der Waals surface area contributed by atoms with Crippen LogP contribution in [0.25, 0.3) is 0 Å². The van der Waals surface area contributed by atoms with E-state index < -0.39 is 5.97 Å². The zero-order chi connectivity index (χ0) is 10.1. The number of rotatable bonds is 2. The number of carbonyl (C=O) groups is 1. The smallest absolute Gasteiger partial charge is 0.346 e. The maximum atomic E-state index is 11.5. The molecule has 0 fully saturated rings. The molecular weight excluding hydrogens is 186 g/mol. The second-order valence-electron chi connectivity index (χ2n) is 3.36. The molecule has 0 spiro atoms. The van der Waals surface area contributed by atoms with Crippen LogP contribution in [-0.4, -0.2) is 25.4 Å². The lowest BCUT2D eigenvalue weighted by molar-refractivity contribution is -0.137. The third kappa shape index (κ3) is 1.43. The van der Waals surface area contributed by atoms with Crippen LogP contribution in [0.5, 0.6) is 0 Å². The molecule has 0 bridgehead atoms. The number of hydrogen-bond donors (Lipinski definition) is 1. The van der Waals surface area contributed by atoms with E-state index in [1.165, 1.54) is 0 Å². The Morgan fingerprint density at radius 3 is 2.93 bits per heavy atom. The van der Waals surface area contributed by atoms with Gasteiger partial charge in [-0.25, -0.2) is 9.48 Å². The van der Waals surface area contributed by atoms with Crippen molar-refractivity contribution in [3.63, 3.8) is 0 Å². The molecule has 6 nitrogen and oxygen atoms in total. The molecule has 1 aliphatic heterocycles. The summed E-state index contributed by atoms with van der Waals surface area (Å²) in [5, 5.41) is 12.5. The molecule has 0 aromatic carbocycles. The van der Waals surface area contributed by atoms with E-state index in [2.05, 4.69) is 5.10 Å². The SMILES string of the molecule is O=C(O)Cn1nc2n(c1=O)CCCC2. The topological polar surface area (TPSA) is 77.1 Å². The van der Waals surface area contributed by atoms with Crippen molar-refractivity contribution in [3.8, 4) is 0 Å². The lowest BCUT2D eigenvalue weighted by atomic mass is 10.2. The Bertz CT molecular complexity index is 418. The van der Waals surface area contributed by atoms with E-state index in [4.69, 9.17) is 5.11 Å². The fraction of sp³-hybridized carbons (Fsp3) is 0.625. The molecule has 1 aromatic rings. The van der Waals surface area contributed by atoms with Gasteiger partial charge in [0.05, 0.1) is 0 Å². The first-order valence-electron chi connectivity index (χ1n) is 4.57. The molecule has 6 heteroatoms. The van der Waals surface area contributed by atoms with Crippen LogP contribution < -0.4 is 5.69 Å². The molecule has 0 radical (unpaired) electrons. The summed E-state index contributed by atoms with van der Waals surface area (Å²) in [6, 6.07) is 0. The molecule has 0 amide bonds. The van der Waals surface area contributed by atoms with E-state index >= 15 is 0 Å². The summed E-state index contributed by atoms with van der Waals surface area (Å²) < 4.78 is 2.58. The number of carboxylic acid groups (broad SMARTS) is 1. The van der Waals surface area contributed by atoms with Crippen LogP contribution in [0.4, 0.5) is 0 Å². The third-order valence-corrected chi connectivity index (χ3v) is 2.32. The second kappa shape index (κ2) is 3.28. The highest BCUT2D eigenvalue weighted by Gasteiger charge is 2.17. The molecule has 0 saturated carbocycles. The maximum absolute atomic E-state index is 11.5. The van der Waals surface area contributed by atoms with Crippen molar-refractivity contribution < 1.29 is 9.90 Å². The summed E-state index contributed by atoms with van der Waals surface area (Å²) in [5.74, 6) is -0.329. The van der Waals surface area contributed by atoms with Crippen LogP contribution in [0.3, 0.4) is 0 Å². The number of aryl methyl sites for hydroxylation is 1. The van der Waals surface area contributed by atoms with Gasteiger partial charge in [-0.1, -0.05) is 0 Å². The molecule has 76 valence electrons. The molecule has 0 unspecified atom stereocenters. The van der Waals surface area contributed by atoms with Gasteiger partial charge in [0.2, 0.25) is 0 Å². The van der Waals surface area contributed by atoms with E-state index in [9.17, 15) is 9.59 Å². The summed E-state index contributed by atoms with van der Waals surface area (Å²) in [4.78, 5) is 22.0. The van der Waals surface area contributed by atoms with Crippen molar-refractivity contribution in [2.75, 3.05) is 0 Å². The van der Waals surface area contributed by atoms with Gasteiger partial charge in [0.1, 0.15) is 12.4 Å². The summed E-state index contributed by atoms with van der Waals surface area (Å²) in [7, 11) is 0. The average Bonchev–Trinajstić information content (AvgIpc) is 2.44. The van der Waals surface area contributed by atoms with Gasteiger partial charge in [0, 0.05) is 13.0 Å². The third-order valence-electron chi connectivity index (χ3n) is 2.32. The number of fused-ring (bicyclic) bond motifs is 1. The van der Waals surface area contributed by atoms with Gasteiger partial charge in [0.25, 0.3) is 0 Å². The minimum atomic E-state index is -1.04. The van der Waals surface area contributed by atoms with Crippen LogP contribution in [0.1, 0.15) is 18.7 Å². The van der Waals surface area contributed by atoms with E-state index in [0.29, 0.717) is 12.4 Å². The first kappa shape index (κ1) is 8.98. The van der Waals surface area contributed by atoms with Crippen molar-refractivity contribution in [2.24, 2.45) is 0 Å². The second-order valence-corrected chi connectivity index (χ2v) is 3.36. The number of hydrogen-bond acceptors (Lipinski definition) is 3. The average molecular weight is 197 g/mol. The molecule has 0 aliphatic carbocycles. The van der Waals surface area contributed by atoms with Gasteiger partial charge >= 0.3 is 11.7 Å². The Balaban J connectivity index is 2.38. The van der Waals surface area contributed by atoms with Crippen molar-refractivity contribution in [1.29, 1.82) is 0 Å². The van der Waals surface area contributed by atoms with Gasteiger partial charge in [-0.3, -0.25) is 9.36 Å². The highest BCUT2D eigenvalue weighted by Crippen LogP contribution is 2.08. The van der Waals surface area contributed by atoms with Crippen molar-refractivity contribution in [3.05, 3.63) is 16.3 Å². The van der Waals surface area contributed by atoms with Crippen molar-refractivity contribution >= 4 is 5.97 Å². The van der Waals surface area contributed by atoms with Crippen LogP contribution in [0, 0.1) is 0 Å². The monoisotopic (exact) mass is 197 g/mol. The van der Waals surface area contributed by atoms with E-state index in [1.807, 2.05) is 0 Å². The van der Waals surface area contributed by atoms with Gasteiger partial charge < -0.3 is 5.11 Å². The lowest BCUT2D eigenvalue weighted by Crippen LogP contribution is -2.28. The Kier molecular flexibility index (Phi) is 2.11. The van der Waals surface area contributed by atoms with E-state index in [1.54, 1.807) is 4.57 Å². The molecule has 1 N–H and O–H groups in total. The summed E-state index contributed by atoms with van der Waals surface area (Å²) >= 11 is 0. The zero-order valence-corrected chi connectivity index (χ0v) is 7.64. The first-order chi connectivity index (χ1) is 6.68. The Hall–Kier alpha value is -1.59. The van der Waals surface area contributed by atoms with Crippen LogP contribution in [-0.2, 0) is 24.3 Å². The zero-order valence-electron chi connectivity index (χ0n) is 7.64. The minimum Gasteiger partial charge on any atom is -0.480 e. The highest BCUT2D eigenvalue weighted by atomic mass is 16.4. The molecular formula is C8H11N3O3. The van der Waals surface area contributed by atoms with Gasteiger partial charge in [0.15, 0.2) is 0 Å². The molecule has 0 atom stereocenters. The Morgan fingerprint density at radius 2 is 2.29 bits per heavy atom. The fourth-order valence-electron chi connectivity index (χ4n) is 1.68. The maximum Gasteiger partial charge on any atom is 0.346 e. The standard InChI is InChI=1S/C8H11N3O3/c12-7(13)5-11-8(14)10-4-2-1-3-6(10)9-11/h1-5H2,(H,12,13). The van der Waals surface area contributed by atoms with Crippen LogP contribution in [0.2, 0.25) is 0 Å². The molecule has 0 saturated heterocycles.